The monoisotopic (exact) mass is 405 g/mol. The number of benzene rings is 2. The average molecular weight is 406 g/mol. The van der Waals surface area contributed by atoms with Crippen LogP contribution in [0.1, 0.15) is 23.7 Å². The highest BCUT2D eigenvalue weighted by Gasteiger charge is 2.21. The van der Waals surface area contributed by atoms with Crippen molar-refractivity contribution >= 4 is 46.4 Å². The molecule has 3 rings (SSSR count). The smallest absolute Gasteiger partial charge is 0.255 e. The van der Waals surface area contributed by atoms with Crippen molar-refractivity contribution in [2.45, 2.75) is 13.3 Å². The van der Waals surface area contributed by atoms with E-state index >= 15 is 0 Å². The van der Waals surface area contributed by atoms with Crippen LogP contribution >= 0.6 is 23.2 Å². The van der Waals surface area contributed by atoms with Crippen LogP contribution in [0.25, 0.3) is 0 Å². The molecule has 2 aromatic carbocycles. The summed E-state index contributed by atoms with van der Waals surface area (Å²) in [7, 11) is 0. The lowest BCUT2D eigenvalue weighted by Crippen LogP contribution is -2.48. The van der Waals surface area contributed by atoms with Crippen LogP contribution < -0.4 is 10.2 Å². The lowest BCUT2D eigenvalue weighted by atomic mass is 10.2. The number of hydrogen-bond acceptors (Lipinski definition) is 3. The first-order valence-electron chi connectivity index (χ1n) is 8.87. The molecule has 27 heavy (non-hydrogen) atoms. The van der Waals surface area contributed by atoms with Crippen LogP contribution in [0.3, 0.4) is 0 Å². The summed E-state index contributed by atoms with van der Waals surface area (Å²) in [6.07, 6.45) is 0.531. The average Bonchev–Trinajstić information content (AvgIpc) is 2.68. The number of anilines is 2. The quantitative estimate of drug-likeness (QED) is 0.824. The third kappa shape index (κ3) is 4.73. The third-order valence-electron chi connectivity index (χ3n) is 4.59. The van der Waals surface area contributed by atoms with Crippen molar-refractivity contribution in [3.05, 3.63) is 58.1 Å². The largest absolute Gasteiger partial charge is 0.367 e. The van der Waals surface area contributed by atoms with Crippen molar-refractivity contribution in [2.75, 3.05) is 36.4 Å². The van der Waals surface area contributed by atoms with Gasteiger partial charge in [0.25, 0.3) is 5.91 Å². The van der Waals surface area contributed by atoms with Crippen LogP contribution in [0.5, 0.6) is 0 Å². The molecule has 1 fully saturated rings. The molecule has 142 valence electrons. The molecule has 1 aliphatic heterocycles. The highest BCUT2D eigenvalue weighted by atomic mass is 35.5. The number of halogens is 2. The maximum absolute atomic E-state index is 12.3. The summed E-state index contributed by atoms with van der Waals surface area (Å²) >= 11 is 12.3. The molecule has 2 amide bonds. The Bertz CT molecular complexity index is 832. The van der Waals surface area contributed by atoms with Gasteiger partial charge in [-0.3, -0.25) is 9.59 Å². The standard InChI is InChI=1S/C20H21Cl2N3O2/c1-2-19(26)25-11-9-24(10-12-25)18-8-7-16(13-17(18)22)23-20(27)14-3-5-15(21)6-4-14/h3-8,13H,2,9-12H2,1H3,(H,23,27). The van der Waals surface area contributed by atoms with Gasteiger partial charge in [-0.1, -0.05) is 30.1 Å². The summed E-state index contributed by atoms with van der Waals surface area (Å²) in [6, 6.07) is 12.2. The molecule has 5 nitrogen and oxygen atoms in total. The molecular weight excluding hydrogens is 385 g/mol. The van der Waals surface area contributed by atoms with E-state index in [0.717, 1.165) is 18.8 Å². The van der Waals surface area contributed by atoms with Crippen LogP contribution in [0, 0.1) is 0 Å². The molecule has 0 aromatic heterocycles. The molecule has 0 aliphatic carbocycles. The maximum Gasteiger partial charge on any atom is 0.255 e. The summed E-state index contributed by atoms with van der Waals surface area (Å²) in [5.74, 6) is -0.0387. The molecule has 0 bridgehead atoms. The van der Waals surface area contributed by atoms with E-state index in [-0.39, 0.29) is 11.8 Å². The van der Waals surface area contributed by atoms with Crippen LogP contribution in [0.15, 0.2) is 42.5 Å². The minimum absolute atomic E-state index is 0.181. The summed E-state index contributed by atoms with van der Waals surface area (Å²) < 4.78 is 0. The molecule has 7 heteroatoms. The first-order chi connectivity index (χ1) is 13.0. The van der Waals surface area contributed by atoms with E-state index in [4.69, 9.17) is 23.2 Å². The minimum Gasteiger partial charge on any atom is -0.367 e. The van der Waals surface area contributed by atoms with Gasteiger partial charge in [0, 0.05) is 48.9 Å². The van der Waals surface area contributed by atoms with Crippen LogP contribution in [0.4, 0.5) is 11.4 Å². The van der Waals surface area contributed by atoms with Crippen molar-refractivity contribution in [2.24, 2.45) is 0 Å². The van der Waals surface area contributed by atoms with Crippen molar-refractivity contribution in [3.63, 3.8) is 0 Å². The molecule has 1 N–H and O–H groups in total. The zero-order valence-electron chi connectivity index (χ0n) is 15.0. The van der Waals surface area contributed by atoms with Crippen molar-refractivity contribution in [1.82, 2.24) is 4.90 Å². The van der Waals surface area contributed by atoms with Gasteiger partial charge in [0.1, 0.15) is 0 Å². The Morgan fingerprint density at radius 1 is 1.00 bits per heavy atom. The summed E-state index contributed by atoms with van der Waals surface area (Å²) in [5, 5.41) is 3.99. The van der Waals surface area contributed by atoms with Gasteiger partial charge in [0.05, 0.1) is 10.7 Å². The Morgan fingerprint density at radius 2 is 1.67 bits per heavy atom. The van der Waals surface area contributed by atoms with E-state index in [1.54, 1.807) is 30.3 Å². The van der Waals surface area contributed by atoms with Crippen LogP contribution in [0.2, 0.25) is 10.0 Å². The molecule has 0 radical (unpaired) electrons. The highest BCUT2D eigenvalue weighted by Crippen LogP contribution is 2.30. The van der Waals surface area contributed by atoms with E-state index in [1.165, 1.54) is 0 Å². The Balaban J connectivity index is 1.65. The molecule has 2 aromatic rings. The lowest BCUT2D eigenvalue weighted by Gasteiger charge is -2.36. The Kier molecular flexibility index (Phi) is 6.24. The summed E-state index contributed by atoms with van der Waals surface area (Å²) in [5.41, 5.74) is 2.06. The fraction of sp³-hybridized carbons (Fsp3) is 0.300. The van der Waals surface area contributed by atoms with Gasteiger partial charge in [-0.15, -0.1) is 0 Å². The number of piperazine rings is 1. The molecule has 0 atom stereocenters. The number of rotatable bonds is 4. The highest BCUT2D eigenvalue weighted by molar-refractivity contribution is 6.33. The van der Waals surface area contributed by atoms with Crippen molar-refractivity contribution < 1.29 is 9.59 Å². The molecule has 1 heterocycles. The zero-order valence-corrected chi connectivity index (χ0v) is 16.6. The topological polar surface area (TPSA) is 52.7 Å². The van der Waals surface area contributed by atoms with E-state index in [1.807, 2.05) is 24.0 Å². The number of carbonyl (C=O) groups is 2. The summed E-state index contributed by atoms with van der Waals surface area (Å²) in [6.45, 7) is 4.74. The van der Waals surface area contributed by atoms with Gasteiger partial charge >= 0.3 is 0 Å². The van der Waals surface area contributed by atoms with Gasteiger partial charge in [-0.05, 0) is 42.5 Å². The second kappa shape index (κ2) is 8.63. The minimum atomic E-state index is -0.220. The van der Waals surface area contributed by atoms with Gasteiger partial charge in [0.2, 0.25) is 5.91 Å². The third-order valence-corrected chi connectivity index (χ3v) is 5.14. The Hall–Kier alpha value is -2.24. The normalized spacial score (nSPS) is 14.2. The molecule has 0 unspecified atom stereocenters. The molecule has 1 saturated heterocycles. The van der Waals surface area contributed by atoms with Gasteiger partial charge in [-0.25, -0.2) is 0 Å². The van der Waals surface area contributed by atoms with E-state index < -0.39 is 0 Å². The number of amides is 2. The fourth-order valence-corrected chi connectivity index (χ4v) is 3.49. The predicted molar refractivity (Wildman–Crippen MR) is 110 cm³/mol. The number of nitrogens with one attached hydrogen (secondary N) is 1. The SMILES string of the molecule is CCC(=O)N1CCN(c2ccc(NC(=O)c3ccc(Cl)cc3)cc2Cl)CC1. The molecule has 1 aliphatic rings. The molecular formula is C20H21Cl2N3O2. The van der Waals surface area contributed by atoms with Crippen molar-refractivity contribution in [3.8, 4) is 0 Å². The van der Waals surface area contributed by atoms with E-state index in [9.17, 15) is 9.59 Å². The first-order valence-corrected chi connectivity index (χ1v) is 9.62. The second-order valence-electron chi connectivity index (χ2n) is 6.35. The molecule has 0 spiro atoms. The lowest BCUT2D eigenvalue weighted by molar-refractivity contribution is -0.131. The first kappa shape index (κ1) is 19.5. The number of hydrogen-bond donors (Lipinski definition) is 1. The zero-order chi connectivity index (χ0) is 19.4. The van der Waals surface area contributed by atoms with Gasteiger partial charge < -0.3 is 15.1 Å². The Labute approximate surface area is 168 Å². The number of carbonyl (C=O) groups excluding carboxylic acids is 2. The van der Waals surface area contributed by atoms with Gasteiger partial charge in [0.15, 0.2) is 0 Å². The maximum atomic E-state index is 12.3. The van der Waals surface area contributed by atoms with Crippen LogP contribution in [-0.4, -0.2) is 42.9 Å². The van der Waals surface area contributed by atoms with E-state index in [0.29, 0.717) is 40.8 Å². The number of nitrogens with zero attached hydrogens (tertiary/aromatic N) is 2. The molecule has 0 saturated carbocycles. The van der Waals surface area contributed by atoms with Gasteiger partial charge in [-0.2, -0.15) is 0 Å². The van der Waals surface area contributed by atoms with Crippen LogP contribution in [-0.2, 0) is 4.79 Å². The fourth-order valence-electron chi connectivity index (χ4n) is 3.07. The predicted octanol–water partition coefficient (Wildman–Crippen LogP) is 4.30. The summed E-state index contributed by atoms with van der Waals surface area (Å²) in [4.78, 5) is 28.1. The van der Waals surface area contributed by atoms with E-state index in [2.05, 4.69) is 10.2 Å². The second-order valence-corrected chi connectivity index (χ2v) is 7.19. The Morgan fingerprint density at radius 3 is 2.26 bits per heavy atom. The van der Waals surface area contributed by atoms with Crippen molar-refractivity contribution in [1.29, 1.82) is 0 Å².